The third kappa shape index (κ3) is 3.37. The van der Waals surface area contributed by atoms with Crippen LogP contribution in [-0.4, -0.2) is 29.9 Å². The van der Waals surface area contributed by atoms with Crippen molar-refractivity contribution < 1.29 is 4.79 Å². The van der Waals surface area contributed by atoms with Gasteiger partial charge in [0, 0.05) is 12.2 Å². The SMILES string of the molecule is CC(C(=O)Nc1cccc(C#N)c1)N1CCC(C)(C)C1. The van der Waals surface area contributed by atoms with Crippen LogP contribution in [0.5, 0.6) is 0 Å². The number of carbonyl (C=O) groups is 1. The van der Waals surface area contributed by atoms with Gasteiger partial charge in [0.1, 0.15) is 0 Å². The Morgan fingerprint density at radius 2 is 2.25 bits per heavy atom. The highest BCUT2D eigenvalue weighted by Crippen LogP contribution is 2.30. The van der Waals surface area contributed by atoms with Crippen molar-refractivity contribution in [3.05, 3.63) is 29.8 Å². The van der Waals surface area contributed by atoms with E-state index < -0.39 is 0 Å². The van der Waals surface area contributed by atoms with Gasteiger partial charge in [0.2, 0.25) is 5.91 Å². The van der Waals surface area contributed by atoms with Crippen LogP contribution < -0.4 is 5.32 Å². The van der Waals surface area contributed by atoms with Crippen molar-refractivity contribution in [2.75, 3.05) is 18.4 Å². The third-order valence-electron chi connectivity index (χ3n) is 3.89. The van der Waals surface area contributed by atoms with Gasteiger partial charge in [0.25, 0.3) is 0 Å². The van der Waals surface area contributed by atoms with Crippen LogP contribution >= 0.6 is 0 Å². The number of likely N-dealkylation sites (tertiary alicyclic amines) is 1. The van der Waals surface area contributed by atoms with Gasteiger partial charge in [0.15, 0.2) is 0 Å². The van der Waals surface area contributed by atoms with Crippen LogP contribution in [0.1, 0.15) is 32.8 Å². The van der Waals surface area contributed by atoms with Crippen LogP contribution in [0.3, 0.4) is 0 Å². The first-order valence-corrected chi connectivity index (χ1v) is 6.96. The number of hydrogen-bond acceptors (Lipinski definition) is 3. The van der Waals surface area contributed by atoms with Crippen molar-refractivity contribution >= 4 is 11.6 Å². The Bertz CT molecular complexity index is 545. The van der Waals surface area contributed by atoms with E-state index in [0.29, 0.717) is 11.3 Å². The zero-order chi connectivity index (χ0) is 14.8. The second kappa shape index (κ2) is 5.64. The minimum absolute atomic E-state index is 0.0159. The van der Waals surface area contributed by atoms with E-state index in [1.54, 1.807) is 24.3 Å². The predicted molar refractivity (Wildman–Crippen MR) is 79.2 cm³/mol. The topological polar surface area (TPSA) is 56.1 Å². The average Bonchev–Trinajstić information content (AvgIpc) is 2.78. The molecule has 1 aliphatic rings. The molecule has 1 unspecified atom stereocenters. The zero-order valence-corrected chi connectivity index (χ0v) is 12.3. The smallest absolute Gasteiger partial charge is 0.241 e. The molecule has 20 heavy (non-hydrogen) atoms. The van der Waals surface area contributed by atoms with E-state index in [9.17, 15) is 4.79 Å². The number of rotatable bonds is 3. The van der Waals surface area contributed by atoms with Crippen molar-refractivity contribution in [2.45, 2.75) is 33.2 Å². The Labute approximate surface area is 120 Å². The molecule has 2 rings (SSSR count). The summed E-state index contributed by atoms with van der Waals surface area (Å²) in [6, 6.07) is 8.92. The first kappa shape index (κ1) is 14.5. The number of hydrogen-bond donors (Lipinski definition) is 1. The largest absolute Gasteiger partial charge is 0.325 e. The zero-order valence-electron chi connectivity index (χ0n) is 12.3. The molecule has 1 N–H and O–H groups in total. The van der Waals surface area contributed by atoms with Crippen molar-refractivity contribution in [3.8, 4) is 6.07 Å². The molecule has 0 aliphatic carbocycles. The Balaban J connectivity index is 1.99. The number of carbonyl (C=O) groups excluding carboxylic acids is 1. The number of benzene rings is 1. The summed E-state index contributed by atoms with van der Waals surface area (Å²) in [4.78, 5) is 14.5. The summed E-state index contributed by atoms with van der Waals surface area (Å²) >= 11 is 0. The number of nitriles is 1. The van der Waals surface area contributed by atoms with Crippen LogP contribution in [-0.2, 0) is 4.79 Å². The molecule has 0 aromatic heterocycles. The quantitative estimate of drug-likeness (QED) is 0.919. The monoisotopic (exact) mass is 271 g/mol. The Morgan fingerprint density at radius 3 is 2.85 bits per heavy atom. The van der Waals surface area contributed by atoms with Crippen LogP contribution in [0.2, 0.25) is 0 Å². The molecule has 1 aromatic rings. The minimum Gasteiger partial charge on any atom is -0.325 e. The van der Waals surface area contributed by atoms with E-state index in [1.807, 2.05) is 6.92 Å². The lowest BCUT2D eigenvalue weighted by molar-refractivity contribution is -0.120. The van der Waals surface area contributed by atoms with Crippen molar-refractivity contribution in [1.29, 1.82) is 5.26 Å². The Morgan fingerprint density at radius 1 is 1.50 bits per heavy atom. The molecule has 1 aliphatic heterocycles. The summed E-state index contributed by atoms with van der Waals surface area (Å²) < 4.78 is 0. The molecule has 1 fully saturated rings. The molecule has 1 aromatic carbocycles. The molecule has 0 bridgehead atoms. The molecule has 0 radical (unpaired) electrons. The molecule has 1 atom stereocenters. The normalized spacial score (nSPS) is 19.3. The molecule has 1 saturated heterocycles. The standard InChI is InChI=1S/C16H21N3O/c1-12(19-8-7-16(2,3)11-19)15(20)18-14-6-4-5-13(9-14)10-17/h4-6,9,12H,7-8,11H2,1-3H3,(H,18,20). The minimum atomic E-state index is -0.150. The Hall–Kier alpha value is -1.86. The molecule has 1 heterocycles. The van der Waals surface area contributed by atoms with Crippen molar-refractivity contribution in [3.63, 3.8) is 0 Å². The highest BCUT2D eigenvalue weighted by Gasteiger charge is 2.34. The lowest BCUT2D eigenvalue weighted by Gasteiger charge is -2.25. The third-order valence-corrected chi connectivity index (χ3v) is 3.89. The predicted octanol–water partition coefficient (Wildman–Crippen LogP) is 2.62. The number of nitrogens with one attached hydrogen (secondary N) is 1. The lowest BCUT2D eigenvalue weighted by Crippen LogP contribution is -2.41. The van der Waals surface area contributed by atoms with E-state index in [4.69, 9.17) is 5.26 Å². The molecule has 1 amide bonds. The van der Waals surface area contributed by atoms with Gasteiger partial charge in [-0.05, 0) is 43.5 Å². The molecule has 0 spiro atoms. The maximum Gasteiger partial charge on any atom is 0.241 e. The van der Waals surface area contributed by atoms with E-state index in [2.05, 4.69) is 30.1 Å². The highest BCUT2D eigenvalue weighted by atomic mass is 16.2. The van der Waals surface area contributed by atoms with E-state index in [-0.39, 0.29) is 17.4 Å². The van der Waals surface area contributed by atoms with Gasteiger partial charge in [-0.3, -0.25) is 9.69 Å². The van der Waals surface area contributed by atoms with Gasteiger partial charge in [-0.25, -0.2) is 0 Å². The number of amides is 1. The maximum absolute atomic E-state index is 12.3. The van der Waals surface area contributed by atoms with Crippen molar-refractivity contribution in [1.82, 2.24) is 4.90 Å². The van der Waals surface area contributed by atoms with Crippen LogP contribution in [0, 0.1) is 16.7 Å². The van der Waals surface area contributed by atoms with Gasteiger partial charge in [-0.2, -0.15) is 5.26 Å². The van der Waals surface area contributed by atoms with E-state index in [0.717, 1.165) is 19.5 Å². The average molecular weight is 271 g/mol. The summed E-state index contributed by atoms with van der Waals surface area (Å²) in [6.45, 7) is 8.30. The lowest BCUT2D eigenvalue weighted by atomic mass is 9.93. The van der Waals surface area contributed by atoms with Gasteiger partial charge in [-0.1, -0.05) is 19.9 Å². The molecule has 4 nitrogen and oxygen atoms in total. The van der Waals surface area contributed by atoms with E-state index >= 15 is 0 Å². The number of nitrogens with zero attached hydrogens (tertiary/aromatic N) is 2. The fourth-order valence-corrected chi connectivity index (χ4v) is 2.56. The van der Waals surface area contributed by atoms with Gasteiger partial charge in [-0.15, -0.1) is 0 Å². The van der Waals surface area contributed by atoms with Gasteiger partial charge < -0.3 is 5.32 Å². The first-order chi connectivity index (χ1) is 9.41. The number of anilines is 1. The summed E-state index contributed by atoms with van der Waals surface area (Å²) in [5.41, 5.74) is 1.52. The molecule has 0 saturated carbocycles. The second-order valence-electron chi connectivity index (χ2n) is 6.24. The fraction of sp³-hybridized carbons (Fsp3) is 0.500. The summed E-state index contributed by atoms with van der Waals surface area (Å²) in [5.74, 6) is -0.0159. The fourth-order valence-electron chi connectivity index (χ4n) is 2.56. The van der Waals surface area contributed by atoms with Crippen molar-refractivity contribution in [2.24, 2.45) is 5.41 Å². The maximum atomic E-state index is 12.3. The molecular weight excluding hydrogens is 250 g/mol. The van der Waals surface area contributed by atoms with Crippen LogP contribution in [0.4, 0.5) is 5.69 Å². The van der Waals surface area contributed by atoms with Gasteiger partial charge >= 0.3 is 0 Å². The van der Waals surface area contributed by atoms with Gasteiger partial charge in [0.05, 0.1) is 17.7 Å². The summed E-state index contributed by atoms with van der Waals surface area (Å²) in [6.07, 6.45) is 1.12. The first-order valence-electron chi connectivity index (χ1n) is 6.96. The molecule has 4 heteroatoms. The molecule has 106 valence electrons. The molecular formula is C16H21N3O. The summed E-state index contributed by atoms with van der Waals surface area (Å²) in [5, 5.41) is 11.8. The van der Waals surface area contributed by atoms with E-state index in [1.165, 1.54) is 0 Å². The second-order valence-corrected chi connectivity index (χ2v) is 6.24. The van der Waals surface area contributed by atoms with Crippen LogP contribution in [0.25, 0.3) is 0 Å². The summed E-state index contributed by atoms with van der Waals surface area (Å²) in [7, 11) is 0. The van der Waals surface area contributed by atoms with Crippen LogP contribution in [0.15, 0.2) is 24.3 Å². The Kier molecular flexibility index (Phi) is 4.10. The highest BCUT2D eigenvalue weighted by molar-refractivity contribution is 5.94.